The first-order valence-electron chi connectivity index (χ1n) is 4.74. The number of hydrogen-bond acceptors (Lipinski definition) is 5. The van der Waals surface area contributed by atoms with Gasteiger partial charge in [-0.05, 0) is 38.5 Å². The van der Waals surface area contributed by atoms with Crippen LogP contribution in [0.5, 0.6) is 0 Å². The Balaban J connectivity index is 2.32. The molecule has 3 nitrogen and oxygen atoms in total. The first kappa shape index (κ1) is 12.4. The minimum Gasteiger partial charge on any atom is -0.358 e. The predicted molar refractivity (Wildman–Crippen MR) is 63.7 cm³/mol. The Labute approximate surface area is 93.4 Å². The van der Waals surface area contributed by atoms with E-state index >= 15 is 0 Å². The Morgan fingerprint density at radius 1 is 1.07 bits per heavy atom. The summed E-state index contributed by atoms with van der Waals surface area (Å²) < 4.78 is 11.1. The Morgan fingerprint density at radius 3 is 2.14 bits per heavy atom. The summed E-state index contributed by atoms with van der Waals surface area (Å²) in [6.07, 6.45) is 2.28. The summed E-state index contributed by atoms with van der Waals surface area (Å²) in [4.78, 5) is 4.27. The molecule has 14 heavy (non-hydrogen) atoms. The smallest absolute Gasteiger partial charge is 0.206 e. The van der Waals surface area contributed by atoms with Crippen LogP contribution in [0.4, 0.5) is 0 Å². The van der Waals surface area contributed by atoms with Crippen LogP contribution in [0.2, 0.25) is 0 Å². The lowest BCUT2D eigenvalue weighted by molar-refractivity contribution is 0.0619. The highest BCUT2D eigenvalue weighted by molar-refractivity contribution is 8.77. The molecule has 0 amide bonds. The zero-order valence-corrected chi connectivity index (χ0v) is 10.6. The van der Waals surface area contributed by atoms with Gasteiger partial charge in [0.25, 0.3) is 0 Å². The Kier molecular flexibility index (Phi) is 5.30. The monoisotopic (exact) mass is 235 g/mol. The van der Waals surface area contributed by atoms with Crippen molar-refractivity contribution in [1.29, 1.82) is 0 Å². The molecular formula is C9H17NO2S2. The molecule has 5 heteroatoms. The maximum absolute atomic E-state index is 5.58. The summed E-state index contributed by atoms with van der Waals surface area (Å²) in [5.74, 6) is 0. The quantitative estimate of drug-likeness (QED) is 0.701. The van der Waals surface area contributed by atoms with Crippen LogP contribution in [0, 0.1) is 0 Å². The van der Waals surface area contributed by atoms with Crippen molar-refractivity contribution >= 4 is 27.8 Å². The van der Waals surface area contributed by atoms with E-state index in [1.54, 1.807) is 21.6 Å². The zero-order valence-electron chi connectivity index (χ0n) is 8.97. The number of rotatable bonds is 4. The molecule has 0 fully saturated rings. The molecule has 1 rings (SSSR count). The van der Waals surface area contributed by atoms with Gasteiger partial charge < -0.3 is 9.47 Å². The Morgan fingerprint density at radius 2 is 1.71 bits per heavy atom. The molecular weight excluding hydrogens is 218 g/mol. The fourth-order valence-corrected chi connectivity index (χ4v) is 3.07. The third-order valence-corrected chi connectivity index (χ3v) is 3.68. The third-order valence-electron chi connectivity index (χ3n) is 1.36. The van der Waals surface area contributed by atoms with Gasteiger partial charge in [-0.25, -0.2) is 0 Å². The lowest BCUT2D eigenvalue weighted by Gasteiger charge is -2.23. The second-order valence-electron chi connectivity index (χ2n) is 3.54. The number of aliphatic imine (C=N–C) groups is 1. The van der Waals surface area contributed by atoms with Gasteiger partial charge in [-0.3, -0.25) is 4.99 Å². The topological polar surface area (TPSA) is 30.8 Å². The molecule has 0 aromatic carbocycles. The van der Waals surface area contributed by atoms with E-state index in [2.05, 4.69) is 4.99 Å². The molecule has 1 aliphatic rings. The zero-order chi connectivity index (χ0) is 10.6. The lowest BCUT2D eigenvalue weighted by atomic mass is 10.5. The van der Waals surface area contributed by atoms with Crippen molar-refractivity contribution in [3.63, 3.8) is 0 Å². The molecule has 1 heterocycles. The van der Waals surface area contributed by atoms with E-state index in [-0.39, 0.29) is 23.2 Å². The third kappa shape index (κ3) is 4.68. The van der Waals surface area contributed by atoms with E-state index in [0.29, 0.717) is 0 Å². The fourth-order valence-electron chi connectivity index (χ4n) is 0.909. The minimum atomic E-state index is -0.0768. The van der Waals surface area contributed by atoms with Gasteiger partial charge in [-0.15, -0.1) is 0 Å². The maximum atomic E-state index is 5.58. The molecule has 0 spiro atoms. The van der Waals surface area contributed by atoms with Gasteiger partial charge in [0.15, 0.2) is 0 Å². The van der Waals surface area contributed by atoms with Gasteiger partial charge in [0.1, 0.15) is 5.44 Å². The molecule has 0 bridgehead atoms. The number of nitrogens with zero attached hydrogens (tertiary/aromatic N) is 1. The summed E-state index contributed by atoms with van der Waals surface area (Å²) in [7, 11) is 3.27. The van der Waals surface area contributed by atoms with Crippen molar-refractivity contribution in [1.82, 2.24) is 0 Å². The first-order valence-corrected chi connectivity index (χ1v) is 7.02. The highest BCUT2D eigenvalue weighted by Crippen LogP contribution is 2.36. The van der Waals surface area contributed by atoms with Crippen LogP contribution in [0.3, 0.4) is 0 Å². The van der Waals surface area contributed by atoms with E-state index in [1.165, 1.54) is 0 Å². The molecule has 0 saturated carbocycles. The SMILES string of the molecule is CC(C)OC1C=NC(OC(C)C)SS1. The number of hydrogen-bond donors (Lipinski definition) is 0. The summed E-state index contributed by atoms with van der Waals surface area (Å²) in [5, 5.41) is 0. The van der Waals surface area contributed by atoms with Gasteiger partial charge >= 0.3 is 0 Å². The van der Waals surface area contributed by atoms with Crippen molar-refractivity contribution in [2.75, 3.05) is 0 Å². The highest BCUT2D eigenvalue weighted by atomic mass is 33.1. The van der Waals surface area contributed by atoms with Crippen LogP contribution in [-0.4, -0.2) is 29.4 Å². The van der Waals surface area contributed by atoms with Gasteiger partial charge in [0, 0.05) is 6.21 Å². The summed E-state index contributed by atoms with van der Waals surface area (Å²) >= 11 is 0. The van der Waals surface area contributed by atoms with Gasteiger partial charge in [-0.2, -0.15) is 0 Å². The van der Waals surface area contributed by atoms with Crippen molar-refractivity contribution in [2.45, 2.75) is 50.9 Å². The van der Waals surface area contributed by atoms with E-state index in [9.17, 15) is 0 Å². The Hall–Kier alpha value is 0.290. The average molecular weight is 235 g/mol. The summed E-state index contributed by atoms with van der Waals surface area (Å²) in [6, 6.07) is 0. The van der Waals surface area contributed by atoms with E-state index < -0.39 is 0 Å². The van der Waals surface area contributed by atoms with Crippen LogP contribution in [0.25, 0.3) is 0 Å². The van der Waals surface area contributed by atoms with E-state index in [4.69, 9.17) is 9.47 Å². The molecule has 0 saturated heterocycles. The van der Waals surface area contributed by atoms with Gasteiger partial charge in [0.2, 0.25) is 5.56 Å². The van der Waals surface area contributed by atoms with Crippen LogP contribution in [0.1, 0.15) is 27.7 Å². The molecule has 1 aliphatic heterocycles. The first-order chi connectivity index (χ1) is 6.58. The van der Waals surface area contributed by atoms with Crippen molar-refractivity contribution in [3.05, 3.63) is 0 Å². The van der Waals surface area contributed by atoms with Crippen molar-refractivity contribution < 1.29 is 9.47 Å². The summed E-state index contributed by atoms with van der Waals surface area (Å²) in [5.41, 5.74) is -0.0148. The fraction of sp³-hybridized carbons (Fsp3) is 0.889. The van der Waals surface area contributed by atoms with Crippen molar-refractivity contribution in [3.8, 4) is 0 Å². The standard InChI is InChI=1S/C9H17NO2S2/c1-6(2)11-8-5-10-9(14-13-8)12-7(3)4/h5-9H,1-4H3. The van der Waals surface area contributed by atoms with Gasteiger partial charge in [-0.1, -0.05) is 10.8 Å². The molecule has 0 radical (unpaired) electrons. The van der Waals surface area contributed by atoms with Crippen LogP contribution >= 0.6 is 21.6 Å². The summed E-state index contributed by atoms with van der Waals surface area (Å²) in [6.45, 7) is 8.07. The maximum Gasteiger partial charge on any atom is 0.206 e. The molecule has 2 unspecified atom stereocenters. The molecule has 0 aromatic rings. The molecule has 0 N–H and O–H groups in total. The molecule has 0 aromatic heterocycles. The second-order valence-corrected chi connectivity index (χ2v) is 5.94. The largest absolute Gasteiger partial charge is 0.358 e. The minimum absolute atomic E-state index is 0.0620. The average Bonchev–Trinajstić information content (AvgIpc) is 2.06. The number of ether oxygens (including phenoxy) is 2. The van der Waals surface area contributed by atoms with E-state index in [0.717, 1.165) is 0 Å². The molecule has 0 aliphatic carbocycles. The molecule has 82 valence electrons. The second kappa shape index (κ2) is 6.00. The lowest BCUT2D eigenvalue weighted by Crippen LogP contribution is -2.21. The molecule has 2 atom stereocenters. The Bertz CT molecular complexity index is 177. The van der Waals surface area contributed by atoms with E-state index in [1.807, 2.05) is 33.9 Å². The normalized spacial score (nSPS) is 27.6. The highest BCUT2D eigenvalue weighted by Gasteiger charge is 2.20. The van der Waals surface area contributed by atoms with Crippen molar-refractivity contribution in [2.24, 2.45) is 4.99 Å². The van der Waals surface area contributed by atoms with Crippen LogP contribution in [-0.2, 0) is 9.47 Å². The van der Waals surface area contributed by atoms with Crippen LogP contribution < -0.4 is 0 Å². The predicted octanol–water partition coefficient (Wildman–Crippen LogP) is 2.91. The van der Waals surface area contributed by atoms with Crippen LogP contribution in [0.15, 0.2) is 4.99 Å². The van der Waals surface area contributed by atoms with Gasteiger partial charge in [0.05, 0.1) is 12.2 Å².